The number of sulfonamides is 1. The maximum atomic E-state index is 13.4. The van der Waals surface area contributed by atoms with Crippen LogP contribution < -0.4 is 4.72 Å². The van der Waals surface area contributed by atoms with Crippen LogP contribution in [0.3, 0.4) is 0 Å². The standard InChI is InChI=1S/C14H18FNO5S/c1-9-4-11(15)7-12(5-9)22(19,20)16-13(14(17)18)6-10-2-3-21-8-10/h4-5,7,10,13,16H,2-3,6,8H2,1H3,(H,17,18). The third-order valence-corrected chi connectivity index (χ3v) is 4.97. The molecule has 2 N–H and O–H groups in total. The topological polar surface area (TPSA) is 92.7 Å². The fourth-order valence-electron chi connectivity index (χ4n) is 2.42. The molecule has 0 aromatic heterocycles. The number of carboxylic acid groups (broad SMARTS) is 1. The second kappa shape index (κ2) is 6.72. The highest BCUT2D eigenvalue weighted by molar-refractivity contribution is 7.89. The summed E-state index contributed by atoms with van der Waals surface area (Å²) < 4.78 is 45.2. The second-order valence-corrected chi connectivity index (χ2v) is 7.16. The van der Waals surface area contributed by atoms with Crippen LogP contribution in [0.4, 0.5) is 4.39 Å². The van der Waals surface area contributed by atoms with Crippen molar-refractivity contribution in [1.29, 1.82) is 0 Å². The van der Waals surface area contributed by atoms with E-state index in [0.717, 1.165) is 6.07 Å². The van der Waals surface area contributed by atoms with Gasteiger partial charge in [0, 0.05) is 13.2 Å². The van der Waals surface area contributed by atoms with Gasteiger partial charge in [-0.15, -0.1) is 0 Å². The van der Waals surface area contributed by atoms with E-state index in [-0.39, 0.29) is 17.2 Å². The molecule has 1 aliphatic heterocycles. The normalized spacial score (nSPS) is 20.0. The fourth-order valence-corrected chi connectivity index (χ4v) is 3.73. The van der Waals surface area contributed by atoms with Crippen molar-refractivity contribution in [2.75, 3.05) is 13.2 Å². The molecule has 22 heavy (non-hydrogen) atoms. The van der Waals surface area contributed by atoms with Gasteiger partial charge in [-0.2, -0.15) is 4.72 Å². The van der Waals surface area contributed by atoms with Gasteiger partial charge in [0.1, 0.15) is 11.9 Å². The summed E-state index contributed by atoms with van der Waals surface area (Å²) in [5.41, 5.74) is 0.441. The zero-order valence-corrected chi connectivity index (χ0v) is 12.9. The van der Waals surface area contributed by atoms with Gasteiger partial charge >= 0.3 is 5.97 Å². The van der Waals surface area contributed by atoms with Crippen molar-refractivity contribution in [1.82, 2.24) is 4.72 Å². The van der Waals surface area contributed by atoms with E-state index in [2.05, 4.69) is 4.72 Å². The smallest absolute Gasteiger partial charge is 0.321 e. The number of rotatable bonds is 6. The molecule has 8 heteroatoms. The predicted octanol–water partition coefficient (Wildman–Crippen LogP) is 1.29. The highest BCUT2D eigenvalue weighted by atomic mass is 32.2. The van der Waals surface area contributed by atoms with Crippen LogP contribution in [-0.4, -0.2) is 38.7 Å². The van der Waals surface area contributed by atoms with Gasteiger partial charge in [0.05, 0.1) is 4.90 Å². The number of hydrogen-bond donors (Lipinski definition) is 2. The Morgan fingerprint density at radius 3 is 2.77 bits per heavy atom. The summed E-state index contributed by atoms with van der Waals surface area (Å²) in [4.78, 5) is 11.0. The van der Waals surface area contributed by atoms with Crippen molar-refractivity contribution >= 4 is 16.0 Å². The number of carbonyl (C=O) groups is 1. The quantitative estimate of drug-likeness (QED) is 0.819. The number of hydrogen-bond acceptors (Lipinski definition) is 4. The average Bonchev–Trinajstić information content (AvgIpc) is 2.89. The molecule has 0 spiro atoms. The van der Waals surface area contributed by atoms with Crippen LogP contribution in [0, 0.1) is 18.7 Å². The van der Waals surface area contributed by atoms with Gasteiger partial charge in [-0.05, 0) is 49.4 Å². The second-order valence-electron chi connectivity index (χ2n) is 5.44. The summed E-state index contributed by atoms with van der Waals surface area (Å²) in [6, 6.07) is 2.10. The van der Waals surface area contributed by atoms with Crippen molar-refractivity contribution in [3.05, 3.63) is 29.6 Å². The van der Waals surface area contributed by atoms with Gasteiger partial charge < -0.3 is 9.84 Å². The molecule has 122 valence electrons. The molecule has 2 unspecified atom stereocenters. The SMILES string of the molecule is Cc1cc(F)cc(S(=O)(=O)NC(CC2CCOC2)C(=O)O)c1. The number of benzene rings is 1. The highest BCUT2D eigenvalue weighted by Gasteiger charge is 2.30. The monoisotopic (exact) mass is 331 g/mol. The predicted molar refractivity (Wildman–Crippen MR) is 76.4 cm³/mol. The number of nitrogens with one attached hydrogen (secondary N) is 1. The van der Waals surface area contributed by atoms with Gasteiger partial charge in [-0.3, -0.25) is 4.79 Å². The number of halogens is 1. The molecule has 0 saturated carbocycles. The van der Waals surface area contributed by atoms with Gasteiger partial charge in [0.2, 0.25) is 10.0 Å². The minimum atomic E-state index is -4.10. The van der Waals surface area contributed by atoms with Gasteiger partial charge in [0.15, 0.2) is 0 Å². The van der Waals surface area contributed by atoms with E-state index < -0.39 is 27.9 Å². The Hall–Kier alpha value is -1.51. The lowest BCUT2D eigenvalue weighted by Crippen LogP contribution is -2.42. The zero-order valence-electron chi connectivity index (χ0n) is 12.1. The molecule has 1 aromatic carbocycles. The Bertz CT molecular complexity index is 635. The van der Waals surface area contributed by atoms with Crippen molar-refractivity contribution in [2.24, 2.45) is 5.92 Å². The van der Waals surface area contributed by atoms with Crippen molar-refractivity contribution < 1.29 is 27.4 Å². The van der Waals surface area contributed by atoms with Crippen LogP contribution in [0.15, 0.2) is 23.1 Å². The first-order chi connectivity index (χ1) is 10.3. The first kappa shape index (κ1) is 16.9. The Kier molecular flexibility index (Phi) is 5.15. The molecule has 6 nitrogen and oxygen atoms in total. The molecular formula is C14H18FNO5S. The van der Waals surface area contributed by atoms with Crippen LogP contribution in [-0.2, 0) is 19.6 Å². The molecule has 1 heterocycles. The first-order valence-corrected chi connectivity index (χ1v) is 8.36. The summed E-state index contributed by atoms with van der Waals surface area (Å²) in [5.74, 6) is -1.95. The molecule has 1 aromatic rings. The van der Waals surface area contributed by atoms with E-state index in [9.17, 15) is 22.7 Å². The van der Waals surface area contributed by atoms with Crippen LogP contribution in [0.5, 0.6) is 0 Å². The summed E-state index contributed by atoms with van der Waals surface area (Å²) in [7, 11) is -4.10. The lowest BCUT2D eigenvalue weighted by molar-refractivity contribution is -0.139. The summed E-state index contributed by atoms with van der Waals surface area (Å²) >= 11 is 0. The molecular weight excluding hydrogens is 313 g/mol. The average molecular weight is 331 g/mol. The third-order valence-electron chi connectivity index (χ3n) is 3.51. The largest absolute Gasteiger partial charge is 0.480 e. The Balaban J connectivity index is 2.18. The van der Waals surface area contributed by atoms with Gasteiger partial charge in [-0.25, -0.2) is 12.8 Å². The molecule has 0 radical (unpaired) electrons. The molecule has 0 amide bonds. The van der Waals surface area contributed by atoms with Gasteiger partial charge in [0.25, 0.3) is 0 Å². The number of ether oxygens (including phenoxy) is 1. The minimum Gasteiger partial charge on any atom is -0.480 e. The molecule has 2 rings (SSSR count). The third kappa shape index (κ3) is 4.25. The number of aryl methyl sites for hydroxylation is 1. The molecule has 2 atom stereocenters. The van der Waals surface area contributed by atoms with Crippen LogP contribution in [0.25, 0.3) is 0 Å². The fraction of sp³-hybridized carbons (Fsp3) is 0.500. The van der Waals surface area contributed by atoms with E-state index in [0.29, 0.717) is 25.2 Å². The number of aliphatic carboxylic acids is 1. The minimum absolute atomic E-state index is 0.00181. The molecule has 0 aliphatic carbocycles. The molecule has 1 aliphatic rings. The zero-order chi connectivity index (χ0) is 16.3. The molecule has 1 fully saturated rings. The van der Waals surface area contributed by atoms with E-state index >= 15 is 0 Å². The van der Waals surface area contributed by atoms with Crippen LogP contribution in [0.2, 0.25) is 0 Å². The van der Waals surface area contributed by atoms with Gasteiger partial charge in [-0.1, -0.05) is 0 Å². The lowest BCUT2D eigenvalue weighted by atomic mass is 10.00. The first-order valence-electron chi connectivity index (χ1n) is 6.88. The van der Waals surface area contributed by atoms with E-state index in [1.807, 2.05) is 0 Å². The summed E-state index contributed by atoms with van der Waals surface area (Å²) in [5, 5.41) is 9.21. The molecule has 0 bridgehead atoms. The highest BCUT2D eigenvalue weighted by Crippen LogP contribution is 2.20. The van der Waals surface area contributed by atoms with Crippen molar-refractivity contribution in [3.8, 4) is 0 Å². The van der Waals surface area contributed by atoms with Crippen LogP contribution in [0.1, 0.15) is 18.4 Å². The van der Waals surface area contributed by atoms with E-state index in [1.165, 1.54) is 12.1 Å². The maximum absolute atomic E-state index is 13.4. The van der Waals surface area contributed by atoms with Crippen molar-refractivity contribution in [2.45, 2.75) is 30.7 Å². The maximum Gasteiger partial charge on any atom is 0.321 e. The van der Waals surface area contributed by atoms with E-state index in [1.54, 1.807) is 6.92 Å². The summed E-state index contributed by atoms with van der Waals surface area (Å²) in [6.07, 6.45) is 0.841. The van der Waals surface area contributed by atoms with Crippen molar-refractivity contribution in [3.63, 3.8) is 0 Å². The Morgan fingerprint density at radius 2 is 2.23 bits per heavy atom. The van der Waals surface area contributed by atoms with E-state index in [4.69, 9.17) is 4.74 Å². The Labute approximate surface area is 128 Å². The lowest BCUT2D eigenvalue weighted by Gasteiger charge is -2.17. The van der Waals surface area contributed by atoms with Crippen LogP contribution >= 0.6 is 0 Å². The Morgan fingerprint density at radius 1 is 1.50 bits per heavy atom. The molecule has 1 saturated heterocycles. The summed E-state index contributed by atoms with van der Waals surface area (Å²) in [6.45, 7) is 2.53. The number of carboxylic acids is 1.